The molecule has 0 saturated heterocycles. The van der Waals surface area contributed by atoms with Crippen LogP contribution in [0.25, 0.3) is 6.08 Å². The Morgan fingerprint density at radius 2 is 2.00 bits per heavy atom. The number of hydrogen-bond donors (Lipinski definition) is 2. The van der Waals surface area contributed by atoms with Gasteiger partial charge in [0, 0.05) is 12.1 Å². The van der Waals surface area contributed by atoms with Gasteiger partial charge in [0.05, 0.1) is 12.7 Å². The van der Waals surface area contributed by atoms with Crippen molar-refractivity contribution in [2.24, 2.45) is 0 Å². The van der Waals surface area contributed by atoms with Gasteiger partial charge in [-0.1, -0.05) is 12.2 Å². The minimum absolute atomic E-state index is 0.167. The Balaban J connectivity index is 2.68. The van der Waals surface area contributed by atoms with E-state index in [1.807, 2.05) is 0 Å². The lowest BCUT2D eigenvalue weighted by atomic mass is 10.1. The molecule has 0 unspecified atom stereocenters. The van der Waals surface area contributed by atoms with Gasteiger partial charge >= 0.3 is 12.1 Å². The Labute approximate surface area is 129 Å². The zero-order valence-corrected chi connectivity index (χ0v) is 13.2. The van der Waals surface area contributed by atoms with Crippen molar-refractivity contribution in [1.29, 1.82) is 0 Å². The molecule has 6 nitrogen and oxygen atoms in total. The molecule has 0 bridgehead atoms. The zero-order chi connectivity index (χ0) is 16.8. The van der Waals surface area contributed by atoms with Crippen molar-refractivity contribution in [1.82, 2.24) is 5.32 Å². The van der Waals surface area contributed by atoms with Crippen molar-refractivity contribution < 1.29 is 24.2 Å². The minimum Gasteiger partial charge on any atom is -0.496 e. The summed E-state index contributed by atoms with van der Waals surface area (Å²) in [5.41, 5.74) is 0.237. The smallest absolute Gasteiger partial charge is 0.407 e. The molecule has 0 heterocycles. The fourth-order valence-corrected chi connectivity index (χ4v) is 1.64. The molecule has 0 saturated carbocycles. The predicted molar refractivity (Wildman–Crippen MR) is 83.2 cm³/mol. The van der Waals surface area contributed by atoms with E-state index in [0.29, 0.717) is 11.3 Å². The summed E-state index contributed by atoms with van der Waals surface area (Å²) >= 11 is 0. The highest BCUT2D eigenvalue weighted by Crippen LogP contribution is 2.21. The molecular weight excluding hydrogens is 286 g/mol. The molecule has 22 heavy (non-hydrogen) atoms. The number of carboxylic acids is 1. The van der Waals surface area contributed by atoms with Gasteiger partial charge in [0.15, 0.2) is 0 Å². The Bertz CT molecular complexity index is 572. The zero-order valence-electron chi connectivity index (χ0n) is 13.2. The number of amides is 1. The first kappa shape index (κ1) is 17.6. The molecule has 120 valence electrons. The van der Waals surface area contributed by atoms with E-state index in [0.717, 1.165) is 0 Å². The summed E-state index contributed by atoms with van der Waals surface area (Å²) in [5, 5.41) is 11.6. The van der Waals surface area contributed by atoms with E-state index in [1.165, 1.54) is 19.2 Å². The molecule has 0 radical (unpaired) electrons. The first-order chi connectivity index (χ1) is 10.2. The van der Waals surface area contributed by atoms with Crippen molar-refractivity contribution in [2.75, 3.05) is 13.7 Å². The highest BCUT2D eigenvalue weighted by atomic mass is 16.6. The van der Waals surface area contributed by atoms with Crippen molar-refractivity contribution in [3.8, 4) is 5.75 Å². The SMILES string of the molecule is COc1ccc(C(=O)O)cc1C=CCNC(=O)OC(C)(C)C. The summed E-state index contributed by atoms with van der Waals surface area (Å²) in [6.45, 7) is 5.61. The van der Waals surface area contributed by atoms with Crippen molar-refractivity contribution in [2.45, 2.75) is 26.4 Å². The average Bonchev–Trinajstić information content (AvgIpc) is 2.41. The molecule has 1 aromatic rings. The average molecular weight is 307 g/mol. The highest BCUT2D eigenvalue weighted by molar-refractivity contribution is 5.88. The number of benzene rings is 1. The number of nitrogens with one attached hydrogen (secondary N) is 1. The summed E-state index contributed by atoms with van der Waals surface area (Å²) in [6.07, 6.45) is 2.86. The van der Waals surface area contributed by atoms with E-state index in [-0.39, 0.29) is 12.1 Å². The Morgan fingerprint density at radius 1 is 1.32 bits per heavy atom. The largest absolute Gasteiger partial charge is 0.496 e. The quantitative estimate of drug-likeness (QED) is 0.873. The number of alkyl carbamates (subject to hydrolysis) is 1. The summed E-state index contributed by atoms with van der Waals surface area (Å²) < 4.78 is 10.3. The number of ether oxygens (including phenoxy) is 2. The molecule has 0 atom stereocenters. The third kappa shape index (κ3) is 5.87. The number of aromatic carboxylic acids is 1. The van der Waals surface area contributed by atoms with E-state index in [2.05, 4.69) is 5.32 Å². The van der Waals surface area contributed by atoms with Crippen LogP contribution in [0.15, 0.2) is 24.3 Å². The van der Waals surface area contributed by atoms with Gasteiger partial charge in [-0.05, 0) is 39.0 Å². The van der Waals surface area contributed by atoms with Gasteiger partial charge in [-0.25, -0.2) is 9.59 Å². The summed E-state index contributed by atoms with van der Waals surface area (Å²) in [6, 6.07) is 4.56. The van der Waals surface area contributed by atoms with Crippen LogP contribution in [-0.2, 0) is 4.74 Å². The van der Waals surface area contributed by atoms with Crippen LogP contribution in [-0.4, -0.2) is 36.4 Å². The Morgan fingerprint density at radius 3 is 2.55 bits per heavy atom. The number of carbonyl (C=O) groups is 2. The van der Waals surface area contributed by atoms with E-state index < -0.39 is 17.7 Å². The molecule has 0 aliphatic heterocycles. The second kappa shape index (κ2) is 7.49. The van der Waals surface area contributed by atoms with Crippen LogP contribution in [0.5, 0.6) is 5.75 Å². The molecular formula is C16H21NO5. The third-order valence-electron chi connectivity index (χ3n) is 2.54. The molecule has 0 aliphatic carbocycles. The van der Waals surface area contributed by atoms with Crippen molar-refractivity contribution >= 4 is 18.1 Å². The molecule has 0 aromatic heterocycles. The molecule has 0 aliphatic rings. The van der Waals surface area contributed by atoms with Crippen LogP contribution in [0, 0.1) is 0 Å². The maximum absolute atomic E-state index is 11.5. The first-order valence-electron chi connectivity index (χ1n) is 6.77. The number of rotatable bonds is 5. The fraction of sp³-hybridized carbons (Fsp3) is 0.375. The van der Waals surface area contributed by atoms with E-state index >= 15 is 0 Å². The predicted octanol–water partition coefficient (Wildman–Crippen LogP) is 2.93. The van der Waals surface area contributed by atoms with Gasteiger partial charge in [0.25, 0.3) is 0 Å². The fourth-order valence-electron chi connectivity index (χ4n) is 1.64. The standard InChI is InChI=1S/C16H21NO5/c1-16(2,3)22-15(20)17-9-5-6-11-10-12(14(18)19)7-8-13(11)21-4/h5-8,10H,9H2,1-4H3,(H,17,20)(H,18,19). The molecule has 0 fully saturated rings. The van der Waals surface area contributed by atoms with Gasteiger partial charge in [0.2, 0.25) is 0 Å². The normalized spacial score (nSPS) is 11.3. The van der Waals surface area contributed by atoms with Crippen LogP contribution in [0.1, 0.15) is 36.7 Å². The monoisotopic (exact) mass is 307 g/mol. The summed E-state index contributed by atoms with van der Waals surface area (Å²) in [5.74, 6) is -0.456. The maximum atomic E-state index is 11.5. The van der Waals surface area contributed by atoms with Crippen LogP contribution < -0.4 is 10.1 Å². The van der Waals surface area contributed by atoms with Gasteiger partial charge in [-0.2, -0.15) is 0 Å². The van der Waals surface area contributed by atoms with Crippen molar-refractivity contribution in [3.05, 3.63) is 35.4 Å². The lowest BCUT2D eigenvalue weighted by molar-refractivity contribution is 0.0533. The maximum Gasteiger partial charge on any atom is 0.407 e. The highest BCUT2D eigenvalue weighted by Gasteiger charge is 2.15. The number of carbonyl (C=O) groups excluding carboxylic acids is 1. The molecule has 6 heteroatoms. The number of hydrogen-bond acceptors (Lipinski definition) is 4. The van der Waals surface area contributed by atoms with Crippen LogP contribution >= 0.6 is 0 Å². The molecule has 1 amide bonds. The van der Waals surface area contributed by atoms with Crippen LogP contribution in [0.2, 0.25) is 0 Å². The molecule has 0 spiro atoms. The first-order valence-corrected chi connectivity index (χ1v) is 6.77. The summed E-state index contributed by atoms with van der Waals surface area (Å²) in [4.78, 5) is 22.4. The topological polar surface area (TPSA) is 84.9 Å². The molecule has 1 aromatic carbocycles. The van der Waals surface area contributed by atoms with E-state index in [4.69, 9.17) is 14.6 Å². The van der Waals surface area contributed by atoms with Gasteiger partial charge in [-0.15, -0.1) is 0 Å². The minimum atomic E-state index is -1.01. The second-order valence-corrected chi connectivity index (χ2v) is 5.55. The Hall–Kier alpha value is -2.50. The van der Waals surface area contributed by atoms with Gasteiger partial charge in [-0.3, -0.25) is 0 Å². The number of methoxy groups -OCH3 is 1. The van der Waals surface area contributed by atoms with Gasteiger partial charge in [0.1, 0.15) is 11.4 Å². The third-order valence-corrected chi connectivity index (χ3v) is 2.54. The van der Waals surface area contributed by atoms with Crippen molar-refractivity contribution in [3.63, 3.8) is 0 Å². The summed E-state index contributed by atoms with van der Waals surface area (Å²) in [7, 11) is 1.51. The number of carboxylic acid groups (broad SMARTS) is 1. The van der Waals surface area contributed by atoms with Gasteiger partial charge < -0.3 is 19.9 Å². The Kier molecular flexibility index (Phi) is 5.98. The second-order valence-electron chi connectivity index (χ2n) is 5.55. The lowest BCUT2D eigenvalue weighted by Gasteiger charge is -2.19. The molecule has 2 N–H and O–H groups in total. The van der Waals surface area contributed by atoms with Crippen LogP contribution in [0.3, 0.4) is 0 Å². The van der Waals surface area contributed by atoms with E-state index in [1.54, 1.807) is 39.0 Å². The van der Waals surface area contributed by atoms with Crippen LogP contribution in [0.4, 0.5) is 4.79 Å². The lowest BCUT2D eigenvalue weighted by Crippen LogP contribution is -2.32. The van der Waals surface area contributed by atoms with E-state index in [9.17, 15) is 9.59 Å². The molecule has 1 rings (SSSR count).